The van der Waals surface area contributed by atoms with Gasteiger partial charge in [0.05, 0.1) is 5.69 Å². The van der Waals surface area contributed by atoms with Crippen molar-refractivity contribution in [3.05, 3.63) is 66.1 Å². The second-order valence-corrected chi connectivity index (χ2v) is 4.85. The second-order valence-electron chi connectivity index (χ2n) is 4.85. The number of pyridine rings is 1. The topological polar surface area (TPSA) is 52.5 Å². The molecule has 0 unspecified atom stereocenters. The number of ether oxygens (including phenoxy) is 1. The molecule has 102 valence electrons. The van der Waals surface area contributed by atoms with Crippen molar-refractivity contribution in [3.8, 4) is 5.75 Å². The van der Waals surface area contributed by atoms with Crippen LogP contribution in [0.5, 0.6) is 5.75 Å². The summed E-state index contributed by atoms with van der Waals surface area (Å²) in [6.07, 6.45) is 3.95. The first-order chi connectivity index (χ1) is 9.72. The molecule has 1 atom stereocenters. The minimum absolute atomic E-state index is 0.00810. The van der Waals surface area contributed by atoms with Gasteiger partial charge in [-0.05, 0) is 36.8 Å². The van der Waals surface area contributed by atoms with Crippen LogP contribution in [-0.4, -0.2) is 9.38 Å². The summed E-state index contributed by atoms with van der Waals surface area (Å²) in [6, 6.07) is 13.8. The third-order valence-electron chi connectivity index (χ3n) is 3.18. The summed E-state index contributed by atoms with van der Waals surface area (Å²) in [5.74, 6) is 0.817. The lowest BCUT2D eigenvalue weighted by molar-refractivity contribution is 0.301. The number of benzene rings is 1. The highest BCUT2D eigenvalue weighted by molar-refractivity contribution is 5.39. The summed E-state index contributed by atoms with van der Waals surface area (Å²) < 4.78 is 7.76. The van der Waals surface area contributed by atoms with E-state index in [9.17, 15) is 0 Å². The number of nitrogens with zero attached hydrogens (tertiary/aromatic N) is 2. The lowest BCUT2D eigenvalue weighted by Crippen LogP contribution is -2.05. The van der Waals surface area contributed by atoms with E-state index in [1.54, 1.807) is 0 Å². The minimum Gasteiger partial charge on any atom is -0.487 e. The van der Waals surface area contributed by atoms with Gasteiger partial charge < -0.3 is 14.9 Å². The van der Waals surface area contributed by atoms with Gasteiger partial charge in [0.1, 0.15) is 18.0 Å². The lowest BCUT2D eigenvalue weighted by Gasteiger charge is -2.09. The highest BCUT2D eigenvalue weighted by Gasteiger charge is 2.04. The summed E-state index contributed by atoms with van der Waals surface area (Å²) in [5, 5.41) is 0. The molecule has 0 saturated carbocycles. The Balaban J connectivity index is 1.74. The Morgan fingerprint density at radius 1 is 1.25 bits per heavy atom. The van der Waals surface area contributed by atoms with Crippen LogP contribution in [0.15, 0.2) is 54.9 Å². The first-order valence-corrected chi connectivity index (χ1v) is 6.63. The molecule has 0 spiro atoms. The van der Waals surface area contributed by atoms with E-state index in [0.29, 0.717) is 6.61 Å². The third-order valence-corrected chi connectivity index (χ3v) is 3.18. The molecule has 2 N–H and O–H groups in total. The first kappa shape index (κ1) is 12.7. The number of rotatable bonds is 4. The second kappa shape index (κ2) is 5.35. The smallest absolute Gasteiger partial charge is 0.137 e. The Morgan fingerprint density at radius 3 is 2.95 bits per heavy atom. The fourth-order valence-electron chi connectivity index (χ4n) is 2.10. The van der Waals surface area contributed by atoms with E-state index < -0.39 is 0 Å². The lowest BCUT2D eigenvalue weighted by atomic mass is 10.1. The predicted octanol–water partition coefficient (Wildman–Crippen LogP) is 2.93. The maximum absolute atomic E-state index is 5.87. The molecule has 20 heavy (non-hydrogen) atoms. The van der Waals surface area contributed by atoms with Crippen LogP contribution in [0.1, 0.15) is 24.2 Å². The normalized spacial score (nSPS) is 12.5. The molecule has 1 aromatic carbocycles. The van der Waals surface area contributed by atoms with Gasteiger partial charge in [0.15, 0.2) is 0 Å². The van der Waals surface area contributed by atoms with Crippen LogP contribution in [0.3, 0.4) is 0 Å². The summed E-state index contributed by atoms with van der Waals surface area (Å²) in [7, 11) is 0. The van der Waals surface area contributed by atoms with Crippen LogP contribution in [0.25, 0.3) is 5.65 Å². The van der Waals surface area contributed by atoms with Gasteiger partial charge in [-0.25, -0.2) is 4.98 Å². The Labute approximate surface area is 117 Å². The average molecular weight is 267 g/mol. The van der Waals surface area contributed by atoms with Gasteiger partial charge in [0.25, 0.3) is 0 Å². The van der Waals surface area contributed by atoms with E-state index >= 15 is 0 Å². The van der Waals surface area contributed by atoms with Crippen molar-refractivity contribution in [2.45, 2.75) is 19.6 Å². The molecule has 0 bridgehead atoms. The fraction of sp³-hybridized carbons (Fsp3) is 0.188. The maximum atomic E-state index is 5.87. The van der Waals surface area contributed by atoms with E-state index in [-0.39, 0.29) is 6.04 Å². The van der Waals surface area contributed by atoms with Gasteiger partial charge in [0.2, 0.25) is 0 Å². The number of nitrogens with two attached hydrogens (primary N) is 1. The van der Waals surface area contributed by atoms with Gasteiger partial charge in [-0.2, -0.15) is 0 Å². The molecular formula is C16H17N3O. The zero-order valence-electron chi connectivity index (χ0n) is 11.4. The minimum atomic E-state index is 0.00810. The molecule has 4 heteroatoms. The summed E-state index contributed by atoms with van der Waals surface area (Å²) in [6.45, 7) is 2.41. The van der Waals surface area contributed by atoms with Gasteiger partial charge in [-0.15, -0.1) is 0 Å². The molecule has 4 nitrogen and oxygen atoms in total. The number of fused-ring (bicyclic) bond motifs is 1. The monoisotopic (exact) mass is 267 g/mol. The largest absolute Gasteiger partial charge is 0.487 e. The van der Waals surface area contributed by atoms with E-state index in [1.165, 1.54) is 0 Å². The van der Waals surface area contributed by atoms with Gasteiger partial charge in [-0.1, -0.05) is 18.2 Å². The quantitative estimate of drug-likeness (QED) is 0.790. The number of hydrogen-bond donors (Lipinski definition) is 1. The van der Waals surface area contributed by atoms with Crippen LogP contribution in [0.2, 0.25) is 0 Å². The first-order valence-electron chi connectivity index (χ1n) is 6.63. The van der Waals surface area contributed by atoms with Crippen LogP contribution >= 0.6 is 0 Å². The molecule has 0 aliphatic heterocycles. The Kier molecular flexibility index (Phi) is 3.39. The molecule has 3 aromatic rings. The predicted molar refractivity (Wildman–Crippen MR) is 78.6 cm³/mol. The fourth-order valence-corrected chi connectivity index (χ4v) is 2.10. The number of hydrogen-bond acceptors (Lipinski definition) is 3. The zero-order chi connectivity index (χ0) is 13.9. The highest BCUT2D eigenvalue weighted by Crippen LogP contribution is 2.18. The van der Waals surface area contributed by atoms with Gasteiger partial charge in [-0.3, -0.25) is 0 Å². The molecule has 0 amide bonds. The molecule has 3 rings (SSSR count). The van der Waals surface area contributed by atoms with Crippen LogP contribution in [0, 0.1) is 0 Å². The molecule has 0 aliphatic carbocycles. The van der Waals surface area contributed by atoms with Crippen molar-refractivity contribution >= 4 is 5.65 Å². The summed E-state index contributed by atoms with van der Waals surface area (Å²) in [5.41, 5.74) is 8.77. The SMILES string of the molecule is C[C@H](N)c1cccc(OCc2cn3ccccc3n2)c1. The molecule has 2 aromatic heterocycles. The highest BCUT2D eigenvalue weighted by atomic mass is 16.5. The molecule has 2 heterocycles. The van der Waals surface area contributed by atoms with Crippen molar-refractivity contribution in [3.63, 3.8) is 0 Å². The maximum Gasteiger partial charge on any atom is 0.137 e. The molecular weight excluding hydrogens is 250 g/mol. The molecule has 0 saturated heterocycles. The Morgan fingerprint density at radius 2 is 2.15 bits per heavy atom. The van der Waals surface area contributed by atoms with Crippen molar-refractivity contribution in [2.24, 2.45) is 5.73 Å². The van der Waals surface area contributed by atoms with Gasteiger partial charge in [0, 0.05) is 18.4 Å². The van der Waals surface area contributed by atoms with E-state index in [0.717, 1.165) is 22.7 Å². The summed E-state index contributed by atoms with van der Waals surface area (Å²) in [4.78, 5) is 4.50. The van der Waals surface area contributed by atoms with Crippen molar-refractivity contribution in [2.75, 3.05) is 0 Å². The van der Waals surface area contributed by atoms with E-state index in [1.807, 2.05) is 66.2 Å². The molecule has 0 aliphatic rings. The molecule has 0 fully saturated rings. The standard InChI is InChI=1S/C16H17N3O/c1-12(17)13-5-4-6-15(9-13)20-11-14-10-19-8-3-2-7-16(19)18-14/h2-10,12H,11,17H2,1H3/t12-/m0/s1. The Hall–Kier alpha value is -2.33. The van der Waals surface area contributed by atoms with Crippen molar-refractivity contribution in [1.29, 1.82) is 0 Å². The van der Waals surface area contributed by atoms with E-state index in [4.69, 9.17) is 10.5 Å². The average Bonchev–Trinajstić information content (AvgIpc) is 2.88. The van der Waals surface area contributed by atoms with Crippen LogP contribution in [-0.2, 0) is 6.61 Å². The van der Waals surface area contributed by atoms with Gasteiger partial charge >= 0.3 is 0 Å². The third kappa shape index (κ3) is 2.65. The number of imidazole rings is 1. The van der Waals surface area contributed by atoms with Crippen LogP contribution < -0.4 is 10.5 Å². The van der Waals surface area contributed by atoms with E-state index in [2.05, 4.69) is 4.98 Å². The van der Waals surface area contributed by atoms with Crippen molar-refractivity contribution < 1.29 is 4.74 Å². The molecule has 0 radical (unpaired) electrons. The summed E-state index contributed by atoms with van der Waals surface area (Å²) >= 11 is 0. The van der Waals surface area contributed by atoms with Crippen molar-refractivity contribution in [1.82, 2.24) is 9.38 Å². The Bertz CT molecular complexity index is 685. The number of aromatic nitrogens is 2. The zero-order valence-corrected chi connectivity index (χ0v) is 11.4. The van der Waals surface area contributed by atoms with Crippen LogP contribution in [0.4, 0.5) is 0 Å².